The van der Waals surface area contributed by atoms with Gasteiger partial charge in [-0.3, -0.25) is 4.79 Å². The van der Waals surface area contributed by atoms with Crippen molar-refractivity contribution in [2.75, 3.05) is 17.6 Å². The van der Waals surface area contributed by atoms with Crippen LogP contribution in [0.2, 0.25) is 0 Å². The average molecular weight is 325 g/mol. The number of rotatable bonds is 8. The number of hydrogen-bond donors (Lipinski definition) is 3. The van der Waals surface area contributed by atoms with E-state index in [9.17, 15) is 4.79 Å². The molecule has 4 N–H and O–H groups in total. The monoisotopic (exact) mass is 325 g/mol. The summed E-state index contributed by atoms with van der Waals surface area (Å²) in [5.74, 6) is -0.0766. The van der Waals surface area contributed by atoms with E-state index in [-0.39, 0.29) is 5.91 Å². The Hall–Kier alpha value is -2.49. The van der Waals surface area contributed by atoms with E-state index in [0.717, 1.165) is 24.9 Å². The third kappa shape index (κ3) is 5.30. The molecular weight excluding hydrogens is 298 g/mol. The highest BCUT2D eigenvalue weighted by molar-refractivity contribution is 5.96. The quantitative estimate of drug-likeness (QED) is 0.646. The van der Waals surface area contributed by atoms with Crippen LogP contribution in [0.5, 0.6) is 0 Å². The third-order valence-corrected chi connectivity index (χ3v) is 3.96. The number of nitrogens with two attached hydrogens (primary N) is 1. The molecule has 128 valence electrons. The Morgan fingerprint density at radius 2 is 1.92 bits per heavy atom. The highest BCUT2D eigenvalue weighted by atomic mass is 16.1. The predicted octanol–water partition coefficient (Wildman–Crippen LogP) is 3.84. The molecule has 1 atom stereocenters. The second-order valence-corrected chi connectivity index (χ2v) is 6.13. The smallest absolute Gasteiger partial charge is 0.251 e. The summed E-state index contributed by atoms with van der Waals surface area (Å²) < 4.78 is 0. The van der Waals surface area contributed by atoms with E-state index in [1.807, 2.05) is 25.1 Å². The van der Waals surface area contributed by atoms with Gasteiger partial charge in [0, 0.05) is 18.2 Å². The van der Waals surface area contributed by atoms with Crippen LogP contribution >= 0.6 is 0 Å². The van der Waals surface area contributed by atoms with E-state index < -0.39 is 0 Å². The minimum absolute atomic E-state index is 0.0766. The highest BCUT2D eigenvalue weighted by Gasteiger charge is 2.09. The van der Waals surface area contributed by atoms with Gasteiger partial charge in [0.1, 0.15) is 0 Å². The maximum Gasteiger partial charge on any atom is 0.251 e. The van der Waals surface area contributed by atoms with Crippen molar-refractivity contribution in [2.24, 2.45) is 0 Å². The van der Waals surface area contributed by atoms with Crippen LogP contribution in [0, 0.1) is 0 Å². The van der Waals surface area contributed by atoms with Gasteiger partial charge in [0.15, 0.2) is 0 Å². The van der Waals surface area contributed by atoms with Gasteiger partial charge in [-0.1, -0.05) is 37.3 Å². The zero-order valence-corrected chi connectivity index (χ0v) is 14.5. The molecule has 0 saturated carbocycles. The van der Waals surface area contributed by atoms with Crippen LogP contribution in [0.3, 0.4) is 0 Å². The number of carbonyl (C=O) groups is 1. The minimum Gasteiger partial charge on any atom is -0.397 e. The molecule has 0 saturated heterocycles. The van der Waals surface area contributed by atoms with Gasteiger partial charge in [-0.25, -0.2) is 0 Å². The highest BCUT2D eigenvalue weighted by Crippen LogP contribution is 2.21. The summed E-state index contributed by atoms with van der Waals surface area (Å²) in [4.78, 5) is 12.0. The summed E-state index contributed by atoms with van der Waals surface area (Å²) in [7, 11) is 0. The molecule has 0 heterocycles. The Balaban J connectivity index is 1.91. The minimum atomic E-state index is -0.0766. The van der Waals surface area contributed by atoms with Crippen molar-refractivity contribution in [1.29, 1.82) is 0 Å². The molecule has 0 aliphatic heterocycles. The van der Waals surface area contributed by atoms with E-state index in [2.05, 4.69) is 41.8 Å². The van der Waals surface area contributed by atoms with Crippen LogP contribution in [-0.2, 0) is 6.42 Å². The molecule has 0 aliphatic rings. The number of nitrogen functional groups attached to an aromatic ring is 1. The fourth-order valence-corrected chi connectivity index (χ4v) is 2.54. The average Bonchev–Trinajstić information content (AvgIpc) is 2.60. The van der Waals surface area contributed by atoms with Crippen molar-refractivity contribution < 1.29 is 4.79 Å². The number of carbonyl (C=O) groups excluding carboxylic acids is 1. The molecule has 0 aromatic heterocycles. The molecule has 2 rings (SSSR count). The number of nitrogens with one attached hydrogen (secondary N) is 2. The van der Waals surface area contributed by atoms with E-state index in [1.54, 1.807) is 6.07 Å². The second-order valence-electron chi connectivity index (χ2n) is 6.13. The first-order chi connectivity index (χ1) is 11.6. The molecule has 0 bridgehead atoms. The first-order valence-electron chi connectivity index (χ1n) is 8.58. The molecule has 0 aliphatic carbocycles. The Kier molecular flexibility index (Phi) is 6.67. The predicted molar refractivity (Wildman–Crippen MR) is 101 cm³/mol. The van der Waals surface area contributed by atoms with Crippen molar-refractivity contribution >= 4 is 17.3 Å². The largest absolute Gasteiger partial charge is 0.397 e. The summed E-state index contributed by atoms with van der Waals surface area (Å²) in [6, 6.07) is 16.2. The number of amides is 1. The van der Waals surface area contributed by atoms with Crippen molar-refractivity contribution in [3.63, 3.8) is 0 Å². The van der Waals surface area contributed by atoms with E-state index >= 15 is 0 Å². The van der Waals surface area contributed by atoms with Crippen LogP contribution < -0.4 is 16.4 Å². The first-order valence-corrected chi connectivity index (χ1v) is 8.58. The van der Waals surface area contributed by atoms with Crippen molar-refractivity contribution in [2.45, 2.75) is 39.2 Å². The molecule has 0 radical (unpaired) electrons. The van der Waals surface area contributed by atoms with E-state index in [0.29, 0.717) is 23.8 Å². The van der Waals surface area contributed by atoms with E-state index in [4.69, 9.17) is 5.73 Å². The first kappa shape index (κ1) is 17.9. The molecule has 2 aromatic carbocycles. The summed E-state index contributed by atoms with van der Waals surface area (Å²) >= 11 is 0. The van der Waals surface area contributed by atoms with Crippen LogP contribution in [-0.4, -0.2) is 18.5 Å². The number of benzene rings is 2. The van der Waals surface area contributed by atoms with E-state index in [1.165, 1.54) is 5.56 Å². The molecule has 0 spiro atoms. The van der Waals surface area contributed by atoms with Gasteiger partial charge in [0.2, 0.25) is 0 Å². The lowest BCUT2D eigenvalue weighted by Crippen LogP contribution is -2.24. The van der Waals surface area contributed by atoms with Gasteiger partial charge in [0.25, 0.3) is 5.91 Å². The summed E-state index contributed by atoms with van der Waals surface area (Å²) in [5, 5.41) is 6.29. The topological polar surface area (TPSA) is 67.2 Å². The Bertz CT molecular complexity index is 655. The standard InChI is InChI=1S/C20H27N3O/c1-3-13-22-20(24)17-11-12-19(18(21)14-17)23-15(2)9-10-16-7-5-4-6-8-16/h4-8,11-12,14-15,23H,3,9-10,13,21H2,1-2H3,(H,22,24). The summed E-state index contributed by atoms with van der Waals surface area (Å²) in [6.07, 6.45) is 2.95. The maximum absolute atomic E-state index is 12.0. The molecule has 4 nitrogen and oxygen atoms in total. The lowest BCUT2D eigenvalue weighted by molar-refractivity contribution is 0.0953. The summed E-state index contributed by atoms with van der Waals surface area (Å²) in [6.45, 7) is 4.85. The maximum atomic E-state index is 12.0. The van der Waals surface area contributed by atoms with Crippen LogP contribution in [0.1, 0.15) is 42.6 Å². The molecule has 0 fully saturated rings. The Labute approximate surface area is 144 Å². The molecule has 4 heteroatoms. The molecule has 24 heavy (non-hydrogen) atoms. The van der Waals surface area contributed by atoms with Crippen molar-refractivity contribution in [3.05, 3.63) is 59.7 Å². The van der Waals surface area contributed by atoms with Crippen LogP contribution in [0.15, 0.2) is 48.5 Å². The second kappa shape index (κ2) is 8.96. The number of aryl methyl sites for hydroxylation is 1. The third-order valence-electron chi connectivity index (χ3n) is 3.96. The Morgan fingerprint density at radius 3 is 2.58 bits per heavy atom. The molecule has 2 aromatic rings. The number of anilines is 2. The van der Waals surface area contributed by atoms with Crippen LogP contribution in [0.25, 0.3) is 0 Å². The van der Waals surface area contributed by atoms with Crippen LogP contribution in [0.4, 0.5) is 11.4 Å². The summed E-state index contributed by atoms with van der Waals surface area (Å²) in [5.41, 5.74) is 9.52. The number of hydrogen-bond acceptors (Lipinski definition) is 3. The Morgan fingerprint density at radius 1 is 1.17 bits per heavy atom. The van der Waals surface area contributed by atoms with Crippen molar-refractivity contribution in [3.8, 4) is 0 Å². The molecular formula is C20H27N3O. The van der Waals surface area contributed by atoms with Gasteiger partial charge in [0.05, 0.1) is 11.4 Å². The van der Waals surface area contributed by atoms with Gasteiger partial charge < -0.3 is 16.4 Å². The zero-order chi connectivity index (χ0) is 17.4. The zero-order valence-electron chi connectivity index (χ0n) is 14.5. The normalized spacial score (nSPS) is 11.8. The van der Waals surface area contributed by atoms with Gasteiger partial charge in [-0.05, 0) is 49.9 Å². The lowest BCUT2D eigenvalue weighted by atomic mass is 10.1. The van der Waals surface area contributed by atoms with Gasteiger partial charge in [-0.2, -0.15) is 0 Å². The van der Waals surface area contributed by atoms with Gasteiger partial charge in [-0.15, -0.1) is 0 Å². The fourth-order valence-electron chi connectivity index (χ4n) is 2.54. The van der Waals surface area contributed by atoms with Crippen molar-refractivity contribution in [1.82, 2.24) is 5.32 Å². The van der Waals surface area contributed by atoms with Gasteiger partial charge >= 0.3 is 0 Å². The molecule has 1 amide bonds. The lowest BCUT2D eigenvalue weighted by Gasteiger charge is -2.17. The fraction of sp³-hybridized carbons (Fsp3) is 0.350. The SMILES string of the molecule is CCCNC(=O)c1ccc(NC(C)CCc2ccccc2)c(N)c1. The molecule has 1 unspecified atom stereocenters.